The van der Waals surface area contributed by atoms with Crippen molar-refractivity contribution in [2.24, 2.45) is 5.92 Å². The number of nitrogens with one attached hydrogen (secondary N) is 1. The molecule has 1 saturated heterocycles. The number of sulfone groups is 1. The normalized spacial score (nSPS) is 21.8. The minimum absolute atomic E-state index is 0.188. The third-order valence-corrected chi connectivity index (χ3v) is 4.78. The Balaban J connectivity index is 1.93. The van der Waals surface area contributed by atoms with Gasteiger partial charge in [-0.25, -0.2) is 13.4 Å². The summed E-state index contributed by atoms with van der Waals surface area (Å²) in [6, 6.07) is 1.79. The van der Waals surface area contributed by atoms with Crippen LogP contribution in [0.2, 0.25) is 0 Å². The van der Waals surface area contributed by atoms with Gasteiger partial charge in [0.2, 0.25) is 5.95 Å². The van der Waals surface area contributed by atoms with Crippen molar-refractivity contribution in [2.75, 3.05) is 42.4 Å². The van der Waals surface area contributed by atoms with Crippen LogP contribution in [0.3, 0.4) is 0 Å². The van der Waals surface area contributed by atoms with Crippen LogP contribution in [0.4, 0.5) is 11.8 Å². The van der Waals surface area contributed by atoms with Crippen molar-refractivity contribution in [3.05, 3.63) is 12.3 Å². The van der Waals surface area contributed by atoms with E-state index < -0.39 is 9.84 Å². The van der Waals surface area contributed by atoms with E-state index in [1.807, 2.05) is 19.0 Å². The van der Waals surface area contributed by atoms with Crippen LogP contribution in [-0.2, 0) is 9.84 Å². The quantitative estimate of drug-likeness (QED) is 0.853. The first-order valence-electron chi connectivity index (χ1n) is 5.91. The maximum atomic E-state index is 11.3. The molecule has 7 heteroatoms. The van der Waals surface area contributed by atoms with Gasteiger partial charge in [0.15, 0.2) is 9.84 Å². The SMILES string of the molecule is CN(C)c1nccc(NCC2CCS(=O)(=O)C2)n1. The molecule has 0 saturated carbocycles. The van der Waals surface area contributed by atoms with Crippen molar-refractivity contribution in [1.82, 2.24) is 9.97 Å². The minimum atomic E-state index is -2.80. The highest BCUT2D eigenvalue weighted by Gasteiger charge is 2.27. The smallest absolute Gasteiger partial charge is 0.226 e. The van der Waals surface area contributed by atoms with Gasteiger partial charge < -0.3 is 10.2 Å². The molecule has 1 atom stereocenters. The highest BCUT2D eigenvalue weighted by Crippen LogP contribution is 2.19. The number of rotatable bonds is 4. The van der Waals surface area contributed by atoms with Crippen molar-refractivity contribution in [2.45, 2.75) is 6.42 Å². The van der Waals surface area contributed by atoms with Gasteiger partial charge in [0.1, 0.15) is 5.82 Å². The van der Waals surface area contributed by atoms with Crippen LogP contribution in [0.25, 0.3) is 0 Å². The van der Waals surface area contributed by atoms with Crippen molar-refractivity contribution >= 4 is 21.6 Å². The van der Waals surface area contributed by atoms with Gasteiger partial charge in [0, 0.05) is 26.8 Å². The van der Waals surface area contributed by atoms with Crippen LogP contribution in [0, 0.1) is 5.92 Å². The van der Waals surface area contributed by atoms with Crippen LogP contribution in [0.5, 0.6) is 0 Å². The van der Waals surface area contributed by atoms with E-state index in [1.165, 1.54) is 0 Å². The molecule has 1 aromatic heterocycles. The Labute approximate surface area is 107 Å². The number of anilines is 2. The standard InChI is InChI=1S/C11H18N4O2S/c1-15(2)11-12-5-3-10(14-11)13-7-9-4-6-18(16,17)8-9/h3,5,9H,4,6-8H2,1-2H3,(H,12,13,14). The molecule has 0 aromatic carbocycles. The molecule has 1 unspecified atom stereocenters. The first-order chi connectivity index (χ1) is 8.46. The summed E-state index contributed by atoms with van der Waals surface area (Å²) in [5.74, 6) is 2.15. The topological polar surface area (TPSA) is 75.2 Å². The summed E-state index contributed by atoms with van der Waals surface area (Å²) >= 11 is 0. The van der Waals surface area contributed by atoms with Crippen molar-refractivity contribution in [3.63, 3.8) is 0 Å². The second kappa shape index (κ2) is 5.09. The fourth-order valence-corrected chi connectivity index (χ4v) is 3.81. The second-order valence-electron chi connectivity index (χ2n) is 4.79. The summed E-state index contributed by atoms with van der Waals surface area (Å²) in [6.45, 7) is 0.642. The van der Waals surface area contributed by atoms with Crippen LogP contribution < -0.4 is 10.2 Å². The molecule has 2 rings (SSSR count). The van der Waals surface area contributed by atoms with E-state index in [4.69, 9.17) is 0 Å². The lowest BCUT2D eigenvalue weighted by molar-refractivity contribution is 0.595. The number of nitrogens with zero attached hydrogens (tertiary/aromatic N) is 3. The van der Waals surface area contributed by atoms with E-state index in [9.17, 15) is 8.42 Å². The maximum absolute atomic E-state index is 11.3. The molecule has 0 bridgehead atoms. The van der Waals surface area contributed by atoms with Crippen molar-refractivity contribution in [3.8, 4) is 0 Å². The molecule has 1 aromatic rings. The average molecular weight is 270 g/mol. The Kier molecular flexibility index (Phi) is 3.70. The van der Waals surface area contributed by atoms with Gasteiger partial charge >= 0.3 is 0 Å². The summed E-state index contributed by atoms with van der Waals surface area (Å²) in [5.41, 5.74) is 0. The fourth-order valence-electron chi connectivity index (χ4n) is 1.94. The van der Waals surface area contributed by atoms with Crippen molar-refractivity contribution < 1.29 is 8.42 Å². The zero-order valence-electron chi connectivity index (χ0n) is 10.6. The predicted molar refractivity (Wildman–Crippen MR) is 71.6 cm³/mol. The lowest BCUT2D eigenvalue weighted by Gasteiger charge is -2.13. The molecular formula is C11H18N4O2S. The number of hydrogen-bond acceptors (Lipinski definition) is 6. The highest BCUT2D eigenvalue weighted by molar-refractivity contribution is 7.91. The molecule has 1 aliphatic heterocycles. The predicted octanol–water partition coefficient (Wildman–Crippen LogP) is 0.389. The molecular weight excluding hydrogens is 252 g/mol. The molecule has 1 N–H and O–H groups in total. The number of hydrogen-bond donors (Lipinski definition) is 1. The third-order valence-electron chi connectivity index (χ3n) is 2.94. The third kappa shape index (κ3) is 3.32. The van der Waals surface area contributed by atoms with Crippen LogP contribution in [0.1, 0.15) is 6.42 Å². The molecule has 2 heterocycles. The van der Waals surface area contributed by atoms with E-state index in [1.54, 1.807) is 12.3 Å². The van der Waals surface area contributed by atoms with E-state index >= 15 is 0 Å². The fraction of sp³-hybridized carbons (Fsp3) is 0.636. The zero-order valence-corrected chi connectivity index (χ0v) is 11.4. The minimum Gasteiger partial charge on any atom is -0.370 e. The average Bonchev–Trinajstić information content (AvgIpc) is 2.67. The summed E-state index contributed by atoms with van der Waals surface area (Å²) in [6.07, 6.45) is 2.43. The van der Waals surface area contributed by atoms with E-state index in [0.717, 1.165) is 12.2 Å². The van der Waals surface area contributed by atoms with Gasteiger partial charge in [-0.3, -0.25) is 0 Å². The first-order valence-corrected chi connectivity index (χ1v) is 7.73. The molecule has 1 fully saturated rings. The van der Waals surface area contributed by atoms with E-state index in [-0.39, 0.29) is 11.7 Å². The van der Waals surface area contributed by atoms with Crippen LogP contribution in [0.15, 0.2) is 12.3 Å². The van der Waals surface area contributed by atoms with E-state index in [2.05, 4.69) is 15.3 Å². The van der Waals surface area contributed by atoms with Gasteiger partial charge in [0.25, 0.3) is 0 Å². The summed E-state index contributed by atoms with van der Waals surface area (Å²) in [4.78, 5) is 10.3. The highest BCUT2D eigenvalue weighted by atomic mass is 32.2. The Hall–Kier alpha value is -1.37. The largest absolute Gasteiger partial charge is 0.370 e. The summed E-state index contributed by atoms with van der Waals surface area (Å²) in [7, 11) is 0.953. The van der Waals surface area contributed by atoms with Gasteiger partial charge in [0.05, 0.1) is 11.5 Å². The van der Waals surface area contributed by atoms with Crippen LogP contribution >= 0.6 is 0 Å². The zero-order chi connectivity index (χ0) is 13.2. The molecule has 6 nitrogen and oxygen atoms in total. The summed E-state index contributed by atoms with van der Waals surface area (Å²) in [5, 5.41) is 3.18. The van der Waals surface area contributed by atoms with Gasteiger partial charge in [-0.05, 0) is 18.4 Å². The van der Waals surface area contributed by atoms with Gasteiger partial charge in [-0.1, -0.05) is 0 Å². The molecule has 1 aliphatic rings. The Morgan fingerprint density at radius 3 is 2.89 bits per heavy atom. The number of aromatic nitrogens is 2. The lowest BCUT2D eigenvalue weighted by Crippen LogP contribution is -2.18. The second-order valence-corrected chi connectivity index (χ2v) is 7.01. The Morgan fingerprint density at radius 1 is 1.50 bits per heavy atom. The van der Waals surface area contributed by atoms with E-state index in [0.29, 0.717) is 18.2 Å². The van der Waals surface area contributed by atoms with Crippen molar-refractivity contribution in [1.29, 1.82) is 0 Å². The molecule has 0 amide bonds. The lowest BCUT2D eigenvalue weighted by atomic mass is 10.1. The molecule has 0 aliphatic carbocycles. The summed E-state index contributed by atoms with van der Waals surface area (Å²) < 4.78 is 22.7. The Bertz CT molecular complexity index is 516. The van der Waals surface area contributed by atoms with Gasteiger partial charge in [-0.2, -0.15) is 4.98 Å². The molecule has 100 valence electrons. The van der Waals surface area contributed by atoms with Gasteiger partial charge in [-0.15, -0.1) is 0 Å². The maximum Gasteiger partial charge on any atom is 0.226 e. The molecule has 18 heavy (non-hydrogen) atoms. The molecule has 0 spiro atoms. The molecule has 0 radical (unpaired) electrons. The Morgan fingerprint density at radius 2 is 2.28 bits per heavy atom. The first kappa shape index (κ1) is 13.1. The van der Waals surface area contributed by atoms with Crippen LogP contribution in [-0.4, -0.2) is 50.5 Å². The monoisotopic (exact) mass is 270 g/mol.